The first-order valence-electron chi connectivity index (χ1n) is 10.3. The topological polar surface area (TPSA) is 114 Å². The number of sulfonamides is 1. The molecule has 0 bridgehead atoms. The highest BCUT2D eigenvalue weighted by atomic mass is 32.2. The number of methoxy groups -OCH3 is 1. The minimum atomic E-state index is -3.78. The molecule has 8 nitrogen and oxygen atoms in total. The van der Waals surface area contributed by atoms with Crippen molar-refractivity contribution in [3.8, 4) is 5.75 Å². The Morgan fingerprint density at radius 2 is 1.93 bits per heavy atom. The van der Waals surface area contributed by atoms with Crippen LogP contribution in [0.2, 0.25) is 0 Å². The van der Waals surface area contributed by atoms with E-state index < -0.39 is 10.0 Å². The molecule has 0 radical (unpaired) electrons. The number of nitrogens with one attached hydrogen (secondary N) is 2. The van der Waals surface area contributed by atoms with Crippen LogP contribution in [0.3, 0.4) is 0 Å². The van der Waals surface area contributed by atoms with Gasteiger partial charge in [0.05, 0.1) is 18.4 Å². The van der Waals surface area contributed by atoms with Gasteiger partial charge in [-0.2, -0.15) is 0 Å². The number of nitrogens with zero attached hydrogens (tertiary/aromatic N) is 1. The van der Waals surface area contributed by atoms with E-state index in [1.165, 1.54) is 58.4 Å². The molecule has 162 valence electrons. The van der Waals surface area contributed by atoms with Gasteiger partial charge in [0, 0.05) is 24.7 Å². The Kier molecular flexibility index (Phi) is 7.02. The van der Waals surface area contributed by atoms with Gasteiger partial charge in [0.2, 0.25) is 10.0 Å². The summed E-state index contributed by atoms with van der Waals surface area (Å²) in [5, 5.41) is 2.98. The zero-order valence-corrected chi connectivity index (χ0v) is 18.1. The maximum Gasteiger partial charge on any atom is 0.255 e. The monoisotopic (exact) mass is 424 g/mol. The molecule has 1 aromatic rings. The number of ether oxygens (including phenoxy) is 1. The van der Waals surface area contributed by atoms with Crippen LogP contribution in [-0.2, 0) is 10.0 Å². The van der Waals surface area contributed by atoms with Crippen molar-refractivity contribution in [2.45, 2.75) is 61.9 Å². The van der Waals surface area contributed by atoms with E-state index in [0.717, 1.165) is 19.4 Å². The van der Waals surface area contributed by atoms with Gasteiger partial charge in [0.15, 0.2) is 0 Å². The molecule has 2 aliphatic rings. The number of carbonyl (C=O) groups excluding carboxylic acids is 1. The highest BCUT2D eigenvalue weighted by Crippen LogP contribution is 2.30. The lowest BCUT2D eigenvalue weighted by Crippen LogP contribution is -2.45. The minimum Gasteiger partial charge on any atom is -0.496 e. The van der Waals surface area contributed by atoms with Crippen molar-refractivity contribution in [2.75, 3.05) is 33.0 Å². The highest BCUT2D eigenvalue weighted by molar-refractivity contribution is 7.89. The standard InChI is InChI=1S/C20H32N4O4S/c1-22-29(26,27)19-11-16(18(28-2)12-17(19)21)20(25)23-13-15-9-6-10-24(15)14-7-4-3-5-8-14/h11-12,14-15,22H,3-10,13,21H2,1-2H3,(H,23,25). The van der Waals surface area contributed by atoms with E-state index in [4.69, 9.17) is 10.5 Å². The van der Waals surface area contributed by atoms with E-state index in [-0.39, 0.29) is 27.8 Å². The Balaban J connectivity index is 1.73. The van der Waals surface area contributed by atoms with Crippen molar-refractivity contribution in [3.63, 3.8) is 0 Å². The van der Waals surface area contributed by atoms with E-state index in [1.807, 2.05) is 0 Å². The Bertz CT molecular complexity index is 837. The van der Waals surface area contributed by atoms with Crippen LogP contribution in [0.25, 0.3) is 0 Å². The van der Waals surface area contributed by atoms with Gasteiger partial charge in [-0.15, -0.1) is 0 Å². The first-order valence-corrected chi connectivity index (χ1v) is 11.8. The van der Waals surface area contributed by atoms with E-state index in [1.54, 1.807) is 0 Å². The molecular weight excluding hydrogens is 392 g/mol. The largest absolute Gasteiger partial charge is 0.496 e. The van der Waals surface area contributed by atoms with E-state index in [0.29, 0.717) is 18.6 Å². The summed E-state index contributed by atoms with van der Waals surface area (Å²) in [5.74, 6) is -0.101. The smallest absolute Gasteiger partial charge is 0.255 e. The molecule has 2 fully saturated rings. The fourth-order valence-electron chi connectivity index (χ4n) is 4.54. The summed E-state index contributed by atoms with van der Waals surface area (Å²) < 4.78 is 31.9. The fourth-order valence-corrected chi connectivity index (χ4v) is 5.40. The summed E-state index contributed by atoms with van der Waals surface area (Å²) in [6.45, 7) is 1.62. The molecule has 3 rings (SSSR count). The molecule has 9 heteroatoms. The zero-order valence-electron chi connectivity index (χ0n) is 17.2. The van der Waals surface area contributed by atoms with Crippen molar-refractivity contribution in [3.05, 3.63) is 17.7 Å². The lowest BCUT2D eigenvalue weighted by atomic mass is 9.94. The van der Waals surface area contributed by atoms with Crippen molar-refractivity contribution in [1.29, 1.82) is 0 Å². The van der Waals surface area contributed by atoms with E-state index in [9.17, 15) is 13.2 Å². The maximum atomic E-state index is 12.9. The van der Waals surface area contributed by atoms with Crippen LogP contribution < -0.4 is 20.5 Å². The third-order valence-corrected chi connectivity index (χ3v) is 7.57. The van der Waals surface area contributed by atoms with Gasteiger partial charge in [-0.3, -0.25) is 9.69 Å². The maximum absolute atomic E-state index is 12.9. The van der Waals surface area contributed by atoms with Crippen LogP contribution in [0.4, 0.5) is 5.69 Å². The molecule has 4 N–H and O–H groups in total. The van der Waals surface area contributed by atoms with Crippen LogP contribution in [0, 0.1) is 0 Å². The first kappa shape index (κ1) is 21.9. The van der Waals surface area contributed by atoms with Gasteiger partial charge in [0.1, 0.15) is 10.6 Å². The number of hydrogen-bond acceptors (Lipinski definition) is 6. The Labute approximate surface area is 173 Å². The van der Waals surface area contributed by atoms with Crippen LogP contribution in [0.1, 0.15) is 55.3 Å². The number of anilines is 1. The second kappa shape index (κ2) is 9.32. The SMILES string of the molecule is CNS(=O)(=O)c1cc(C(=O)NCC2CCCN2C2CCCCC2)c(OC)cc1N. The van der Waals surface area contributed by atoms with Crippen molar-refractivity contribution in [1.82, 2.24) is 14.9 Å². The van der Waals surface area contributed by atoms with Gasteiger partial charge in [-0.1, -0.05) is 19.3 Å². The number of carbonyl (C=O) groups is 1. The number of hydrogen-bond donors (Lipinski definition) is 3. The van der Waals surface area contributed by atoms with Gasteiger partial charge in [-0.05, 0) is 45.3 Å². The van der Waals surface area contributed by atoms with Gasteiger partial charge >= 0.3 is 0 Å². The van der Waals surface area contributed by atoms with Crippen LogP contribution >= 0.6 is 0 Å². The summed E-state index contributed by atoms with van der Waals surface area (Å²) in [5.41, 5.74) is 6.06. The van der Waals surface area contributed by atoms with Crippen molar-refractivity contribution >= 4 is 21.6 Å². The Morgan fingerprint density at radius 1 is 1.21 bits per heavy atom. The number of benzene rings is 1. The second-order valence-corrected chi connectivity index (χ2v) is 9.69. The number of nitrogens with two attached hydrogens (primary N) is 1. The van der Waals surface area contributed by atoms with Gasteiger partial charge in [-0.25, -0.2) is 13.1 Å². The highest BCUT2D eigenvalue weighted by Gasteiger charge is 2.32. The quantitative estimate of drug-likeness (QED) is 0.574. The number of likely N-dealkylation sites (tertiary alicyclic amines) is 1. The van der Waals surface area contributed by atoms with E-state index >= 15 is 0 Å². The second-order valence-electron chi connectivity index (χ2n) is 7.83. The summed E-state index contributed by atoms with van der Waals surface area (Å²) >= 11 is 0. The average molecular weight is 425 g/mol. The molecular formula is C20H32N4O4S. The van der Waals surface area contributed by atoms with Crippen LogP contribution in [0.5, 0.6) is 5.75 Å². The number of rotatable bonds is 7. The minimum absolute atomic E-state index is 0.0343. The summed E-state index contributed by atoms with van der Waals surface area (Å²) in [6, 6.07) is 3.60. The molecule has 1 aliphatic carbocycles. The molecule has 1 atom stereocenters. The molecule has 1 unspecified atom stereocenters. The predicted molar refractivity (Wildman–Crippen MR) is 113 cm³/mol. The number of nitrogen functional groups attached to an aromatic ring is 1. The molecule has 1 aromatic carbocycles. The third-order valence-electron chi connectivity index (χ3n) is 6.10. The predicted octanol–water partition coefficient (Wildman–Crippen LogP) is 1.71. The first-order chi connectivity index (χ1) is 13.9. The molecule has 0 aromatic heterocycles. The molecule has 1 saturated heterocycles. The fraction of sp³-hybridized carbons (Fsp3) is 0.650. The Morgan fingerprint density at radius 3 is 2.59 bits per heavy atom. The molecule has 1 saturated carbocycles. The Hall–Kier alpha value is -1.84. The molecule has 0 spiro atoms. The zero-order chi connectivity index (χ0) is 21.0. The third kappa shape index (κ3) is 4.84. The lowest BCUT2D eigenvalue weighted by molar-refractivity contribution is 0.0917. The van der Waals surface area contributed by atoms with Gasteiger partial charge < -0.3 is 15.8 Å². The average Bonchev–Trinajstić information content (AvgIpc) is 3.20. The molecule has 1 heterocycles. The summed E-state index contributed by atoms with van der Waals surface area (Å²) in [6.07, 6.45) is 8.57. The van der Waals surface area contributed by atoms with Crippen molar-refractivity contribution in [2.24, 2.45) is 0 Å². The lowest BCUT2D eigenvalue weighted by Gasteiger charge is -2.35. The van der Waals surface area contributed by atoms with Gasteiger partial charge in [0.25, 0.3) is 5.91 Å². The van der Waals surface area contributed by atoms with E-state index in [2.05, 4.69) is 14.9 Å². The van der Waals surface area contributed by atoms with Crippen LogP contribution in [-0.4, -0.2) is 58.6 Å². The molecule has 29 heavy (non-hydrogen) atoms. The summed E-state index contributed by atoms with van der Waals surface area (Å²) in [7, 11) is -1.05. The summed E-state index contributed by atoms with van der Waals surface area (Å²) in [4.78, 5) is 15.3. The van der Waals surface area contributed by atoms with Crippen LogP contribution in [0.15, 0.2) is 17.0 Å². The molecule has 1 aliphatic heterocycles. The van der Waals surface area contributed by atoms with Crippen molar-refractivity contribution < 1.29 is 17.9 Å². The number of amides is 1. The normalized spacial score (nSPS) is 21.2. The molecule has 1 amide bonds.